The monoisotopic (exact) mass is 453 g/mol. The summed E-state index contributed by atoms with van der Waals surface area (Å²) in [5, 5.41) is 9.35. The maximum atomic E-state index is 13.1. The van der Waals surface area contributed by atoms with Crippen LogP contribution in [0.25, 0.3) is 0 Å². The molecule has 2 saturated heterocycles. The Labute approximate surface area is 193 Å². The van der Waals surface area contributed by atoms with Crippen molar-refractivity contribution in [1.29, 1.82) is 0 Å². The molecule has 2 fully saturated rings. The van der Waals surface area contributed by atoms with E-state index in [2.05, 4.69) is 20.9 Å². The molecule has 33 heavy (non-hydrogen) atoms. The molecular weight excluding hydrogens is 422 g/mol. The van der Waals surface area contributed by atoms with Gasteiger partial charge in [0, 0.05) is 31.1 Å². The fourth-order valence-corrected chi connectivity index (χ4v) is 5.00. The van der Waals surface area contributed by atoms with Crippen molar-refractivity contribution in [2.45, 2.75) is 58.2 Å². The fourth-order valence-electron chi connectivity index (χ4n) is 5.00. The number of carbonyl (C=O) groups is 2. The molecule has 0 spiro atoms. The minimum atomic E-state index is -0.432. The number of anilines is 2. The summed E-state index contributed by atoms with van der Waals surface area (Å²) < 4.78 is 11.5. The first-order chi connectivity index (χ1) is 15.7. The Morgan fingerprint density at radius 3 is 2.91 bits per heavy atom. The van der Waals surface area contributed by atoms with Gasteiger partial charge >= 0.3 is 0 Å². The second kappa shape index (κ2) is 8.06. The van der Waals surface area contributed by atoms with Crippen molar-refractivity contribution in [3.05, 3.63) is 35.3 Å². The summed E-state index contributed by atoms with van der Waals surface area (Å²) in [6, 6.07) is 4.23. The van der Waals surface area contributed by atoms with Gasteiger partial charge in [-0.15, -0.1) is 0 Å². The highest BCUT2D eigenvalue weighted by Gasteiger charge is 2.38. The van der Waals surface area contributed by atoms with Crippen LogP contribution in [-0.2, 0) is 6.42 Å². The van der Waals surface area contributed by atoms with Crippen LogP contribution >= 0.6 is 0 Å². The van der Waals surface area contributed by atoms with E-state index in [4.69, 9.17) is 14.1 Å². The number of nitrogens with one attached hydrogen (secondary N) is 3. The average molecular weight is 454 g/mol. The zero-order chi connectivity index (χ0) is 23.3. The van der Waals surface area contributed by atoms with Crippen LogP contribution in [0.3, 0.4) is 0 Å². The lowest BCUT2D eigenvalue weighted by Crippen LogP contribution is -2.49. The second-order valence-electron chi connectivity index (χ2n) is 10.1. The molecule has 2 atom stereocenters. The Balaban J connectivity index is 1.39. The SMILES string of the molecule is CC(C)Oc1nc(N2C[C@@H]3CCN[C@@H]3C2)ccc1NC(=O)c1coc2c1C(=O)NC(C)(C)C2. The number of hydrogen-bond donors (Lipinski definition) is 3. The Morgan fingerprint density at radius 2 is 2.15 bits per heavy atom. The number of hydrogen-bond acceptors (Lipinski definition) is 7. The lowest BCUT2D eigenvalue weighted by atomic mass is 9.91. The molecule has 5 heterocycles. The molecular formula is C24H31N5O4. The summed E-state index contributed by atoms with van der Waals surface area (Å²) in [4.78, 5) is 32.7. The minimum Gasteiger partial charge on any atom is -0.473 e. The lowest BCUT2D eigenvalue weighted by Gasteiger charge is -2.29. The van der Waals surface area contributed by atoms with Gasteiger partial charge in [0.05, 0.1) is 17.2 Å². The number of rotatable bonds is 5. The standard InChI is InChI=1S/C24H31N5O4/c1-13(2)33-23-16(5-6-19(27-23)29-10-14-7-8-25-17(14)11-29)26-21(30)15-12-32-18-9-24(3,4)28-22(31)20(15)18/h5-6,12-14,17,25H,7-11H2,1-4H3,(H,26,30)(H,28,31)/t14-,17+/m0/s1. The number of aromatic nitrogens is 1. The third-order valence-electron chi connectivity index (χ3n) is 6.52. The van der Waals surface area contributed by atoms with E-state index in [9.17, 15) is 9.59 Å². The molecule has 3 aliphatic heterocycles. The highest BCUT2D eigenvalue weighted by molar-refractivity contribution is 6.13. The van der Waals surface area contributed by atoms with Crippen molar-refractivity contribution < 1.29 is 18.7 Å². The maximum Gasteiger partial charge on any atom is 0.259 e. The molecule has 5 rings (SSSR count). The van der Waals surface area contributed by atoms with E-state index in [0.29, 0.717) is 41.3 Å². The fraction of sp³-hybridized carbons (Fsp3) is 0.542. The first-order valence-electron chi connectivity index (χ1n) is 11.6. The van der Waals surface area contributed by atoms with E-state index in [0.717, 1.165) is 25.5 Å². The average Bonchev–Trinajstić information content (AvgIpc) is 3.42. The lowest BCUT2D eigenvalue weighted by molar-refractivity contribution is 0.0882. The molecule has 0 unspecified atom stereocenters. The maximum absolute atomic E-state index is 13.1. The van der Waals surface area contributed by atoms with Crippen LogP contribution in [0.15, 0.2) is 22.8 Å². The van der Waals surface area contributed by atoms with Crippen LogP contribution in [0.2, 0.25) is 0 Å². The van der Waals surface area contributed by atoms with Crippen molar-refractivity contribution >= 4 is 23.3 Å². The molecule has 0 bridgehead atoms. The number of ether oxygens (including phenoxy) is 1. The van der Waals surface area contributed by atoms with Gasteiger partial charge in [0.15, 0.2) is 0 Å². The molecule has 0 aliphatic carbocycles. The third-order valence-corrected chi connectivity index (χ3v) is 6.52. The highest BCUT2D eigenvalue weighted by Crippen LogP contribution is 2.33. The van der Waals surface area contributed by atoms with Gasteiger partial charge in [-0.3, -0.25) is 9.59 Å². The number of amides is 2. The molecule has 3 N–H and O–H groups in total. The first-order valence-corrected chi connectivity index (χ1v) is 11.6. The molecule has 0 aromatic carbocycles. The summed E-state index contributed by atoms with van der Waals surface area (Å²) >= 11 is 0. The highest BCUT2D eigenvalue weighted by atomic mass is 16.5. The van der Waals surface area contributed by atoms with Gasteiger partial charge in [-0.05, 0) is 58.7 Å². The molecule has 0 saturated carbocycles. The van der Waals surface area contributed by atoms with E-state index in [1.54, 1.807) is 0 Å². The zero-order valence-corrected chi connectivity index (χ0v) is 19.5. The second-order valence-corrected chi connectivity index (χ2v) is 10.1. The van der Waals surface area contributed by atoms with Crippen molar-refractivity contribution in [2.75, 3.05) is 29.9 Å². The van der Waals surface area contributed by atoms with Gasteiger partial charge in [-0.1, -0.05) is 0 Å². The molecule has 0 radical (unpaired) electrons. The number of carbonyl (C=O) groups excluding carboxylic acids is 2. The van der Waals surface area contributed by atoms with Crippen LogP contribution in [-0.4, -0.2) is 54.1 Å². The topological polar surface area (TPSA) is 109 Å². The van der Waals surface area contributed by atoms with E-state index < -0.39 is 11.4 Å². The van der Waals surface area contributed by atoms with Crippen LogP contribution in [0.5, 0.6) is 5.88 Å². The van der Waals surface area contributed by atoms with Crippen LogP contribution in [0.4, 0.5) is 11.5 Å². The number of nitrogens with zero attached hydrogens (tertiary/aromatic N) is 2. The quantitative estimate of drug-likeness (QED) is 0.638. The van der Waals surface area contributed by atoms with Gasteiger partial charge < -0.3 is 30.0 Å². The van der Waals surface area contributed by atoms with Gasteiger partial charge in [0.25, 0.3) is 11.8 Å². The first kappa shape index (κ1) is 21.8. The Hall–Kier alpha value is -3.07. The number of furan rings is 1. The van der Waals surface area contributed by atoms with Gasteiger partial charge in [-0.2, -0.15) is 4.98 Å². The van der Waals surface area contributed by atoms with Crippen LogP contribution in [0.1, 0.15) is 60.6 Å². The zero-order valence-electron chi connectivity index (χ0n) is 19.5. The van der Waals surface area contributed by atoms with E-state index in [1.807, 2.05) is 39.8 Å². The summed E-state index contributed by atoms with van der Waals surface area (Å²) in [6.07, 6.45) is 2.94. The van der Waals surface area contributed by atoms with Crippen molar-refractivity contribution in [1.82, 2.24) is 15.6 Å². The smallest absolute Gasteiger partial charge is 0.259 e. The predicted molar refractivity (Wildman–Crippen MR) is 124 cm³/mol. The molecule has 9 nitrogen and oxygen atoms in total. The molecule has 2 aromatic rings. The number of fused-ring (bicyclic) bond motifs is 2. The molecule has 3 aliphatic rings. The van der Waals surface area contributed by atoms with E-state index in [-0.39, 0.29) is 17.6 Å². The predicted octanol–water partition coefficient (Wildman–Crippen LogP) is 2.58. The molecule has 9 heteroatoms. The summed E-state index contributed by atoms with van der Waals surface area (Å²) in [5.74, 6) is 1.63. The van der Waals surface area contributed by atoms with Crippen molar-refractivity contribution in [3.8, 4) is 5.88 Å². The Kier molecular flexibility index (Phi) is 5.31. The molecule has 2 aromatic heterocycles. The third kappa shape index (κ3) is 4.17. The Morgan fingerprint density at radius 1 is 1.33 bits per heavy atom. The van der Waals surface area contributed by atoms with E-state index in [1.165, 1.54) is 12.7 Å². The minimum absolute atomic E-state index is 0.113. The van der Waals surface area contributed by atoms with Crippen LogP contribution in [0, 0.1) is 5.92 Å². The van der Waals surface area contributed by atoms with Crippen molar-refractivity contribution in [3.63, 3.8) is 0 Å². The summed E-state index contributed by atoms with van der Waals surface area (Å²) in [6.45, 7) is 10.6. The Bertz CT molecular complexity index is 1080. The van der Waals surface area contributed by atoms with E-state index >= 15 is 0 Å². The summed E-state index contributed by atoms with van der Waals surface area (Å²) in [5.41, 5.74) is 0.536. The van der Waals surface area contributed by atoms with Gasteiger partial charge in [0.1, 0.15) is 23.5 Å². The van der Waals surface area contributed by atoms with Crippen molar-refractivity contribution in [2.24, 2.45) is 5.92 Å². The largest absolute Gasteiger partial charge is 0.473 e. The van der Waals surface area contributed by atoms with Crippen LogP contribution < -0.4 is 25.6 Å². The van der Waals surface area contributed by atoms with Gasteiger partial charge in [0.2, 0.25) is 5.88 Å². The normalized spacial score (nSPS) is 23.3. The number of pyridine rings is 1. The molecule has 176 valence electrons. The summed E-state index contributed by atoms with van der Waals surface area (Å²) in [7, 11) is 0. The molecule has 2 amide bonds. The van der Waals surface area contributed by atoms with Gasteiger partial charge in [-0.25, -0.2) is 0 Å².